The number of ketones is 1. The molecule has 68 valence electrons. The van der Waals surface area contributed by atoms with Crippen molar-refractivity contribution >= 4 is 17.6 Å². The number of carbonyl (C=O) groups excluding carboxylic acids is 2. The predicted molar refractivity (Wildman–Crippen MR) is 47.7 cm³/mol. The highest BCUT2D eigenvalue weighted by atomic mass is 16.1. The number of nitrogens with two attached hydrogens (primary N) is 2. The molecule has 0 aromatic rings. The molecule has 5 nitrogen and oxygen atoms in total. The maximum atomic E-state index is 11.1. The lowest BCUT2D eigenvalue weighted by molar-refractivity contribution is -0.114. The number of guanidine groups is 1. The van der Waals surface area contributed by atoms with Gasteiger partial charge in [0.05, 0.1) is 0 Å². The Morgan fingerprint density at radius 3 is 2.54 bits per heavy atom. The fourth-order valence-electron chi connectivity index (χ4n) is 0.870. The van der Waals surface area contributed by atoms with Crippen LogP contribution < -0.4 is 11.5 Å². The number of nitrogens with zero attached hydrogens (tertiary/aromatic N) is 1. The van der Waals surface area contributed by atoms with Crippen molar-refractivity contribution in [3.63, 3.8) is 0 Å². The SMILES string of the molecule is NC(N)=NC(=O)C1=CCC(=O)C=C1. The molecule has 0 spiro atoms. The Labute approximate surface area is 74.8 Å². The molecule has 1 aliphatic carbocycles. The predicted octanol–water partition coefficient (Wildman–Crippen LogP) is -0.758. The van der Waals surface area contributed by atoms with Gasteiger partial charge in [-0.05, 0) is 12.2 Å². The molecule has 0 aromatic heterocycles. The van der Waals surface area contributed by atoms with Crippen LogP contribution in [0.25, 0.3) is 0 Å². The van der Waals surface area contributed by atoms with Crippen molar-refractivity contribution in [1.29, 1.82) is 0 Å². The minimum Gasteiger partial charge on any atom is -0.370 e. The number of aliphatic imine (C=N–C) groups is 1. The van der Waals surface area contributed by atoms with Crippen LogP contribution >= 0.6 is 0 Å². The molecule has 0 fully saturated rings. The molecule has 1 amide bonds. The largest absolute Gasteiger partial charge is 0.370 e. The first-order chi connectivity index (χ1) is 6.09. The molecule has 1 aliphatic rings. The third kappa shape index (κ3) is 2.55. The first kappa shape index (κ1) is 9.18. The van der Waals surface area contributed by atoms with Crippen LogP contribution in [-0.4, -0.2) is 17.6 Å². The number of amides is 1. The van der Waals surface area contributed by atoms with Gasteiger partial charge in [-0.15, -0.1) is 0 Å². The number of rotatable bonds is 1. The van der Waals surface area contributed by atoms with Crippen molar-refractivity contribution in [2.75, 3.05) is 0 Å². The Balaban J connectivity index is 2.76. The minimum atomic E-state index is -0.524. The second-order valence-corrected chi connectivity index (χ2v) is 2.51. The molecule has 0 unspecified atom stereocenters. The van der Waals surface area contributed by atoms with Crippen LogP contribution in [0.1, 0.15) is 6.42 Å². The van der Waals surface area contributed by atoms with E-state index in [-0.39, 0.29) is 18.2 Å². The van der Waals surface area contributed by atoms with Gasteiger partial charge in [0.2, 0.25) is 0 Å². The van der Waals surface area contributed by atoms with E-state index < -0.39 is 5.91 Å². The van der Waals surface area contributed by atoms with Gasteiger partial charge in [0.25, 0.3) is 5.91 Å². The Bertz CT molecular complexity index is 335. The molecule has 0 bridgehead atoms. The smallest absolute Gasteiger partial charge is 0.279 e. The highest BCUT2D eigenvalue weighted by Crippen LogP contribution is 2.08. The summed E-state index contributed by atoms with van der Waals surface area (Å²) >= 11 is 0. The second-order valence-electron chi connectivity index (χ2n) is 2.51. The summed E-state index contributed by atoms with van der Waals surface area (Å²) in [5.41, 5.74) is 10.4. The van der Waals surface area contributed by atoms with Crippen LogP contribution in [0.5, 0.6) is 0 Å². The van der Waals surface area contributed by atoms with E-state index in [1.807, 2.05) is 0 Å². The fraction of sp³-hybridized carbons (Fsp3) is 0.125. The zero-order chi connectivity index (χ0) is 9.84. The van der Waals surface area contributed by atoms with Crippen molar-refractivity contribution in [3.8, 4) is 0 Å². The monoisotopic (exact) mass is 179 g/mol. The van der Waals surface area contributed by atoms with E-state index in [1.165, 1.54) is 18.2 Å². The zero-order valence-corrected chi connectivity index (χ0v) is 6.86. The van der Waals surface area contributed by atoms with Gasteiger partial charge >= 0.3 is 0 Å². The number of allylic oxidation sites excluding steroid dienone is 2. The lowest BCUT2D eigenvalue weighted by Crippen LogP contribution is -2.24. The van der Waals surface area contributed by atoms with Crippen molar-refractivity contribution < 1.29 is 9.59 Å². The third-order valence-electron chi connectivity index (χ3n) is 1.45. The van der Waals surface area contributed by atoms with E-state index in [0.717, 1.165) is 0 Å². The van der Waals surface area contributed by atoms with Gasteiger partial charge in [0.1, 0.15) is 0 Å². The molecule has 1 rings (SSSR count). The maximum absolute atomic E-state index is 11.1. The van der Waals surface area contributed by atoms with E-state index in [0.29, 0.717) is 5.57 Å². The average molecular weight is 179 g/mol. The minimum absolute atomic E-state index is 0.0405. The molecule has 0 aromatic carbocycles. The Kier molecular flexibility index (Phi) is 2.59. The highest BCUT2D eigenvalue weighted by Gasteiger charge is 2.10. The van der Waals surface area contributed by atoms with Crippen LogP contribution in [0.3, 0.4) is 0 Å². The highest BCUT2D eigenvalue weighted by molar-refractivity contribution is 6.06. The van der Waals surface area contributed by atoms with Gasteiger partial charge in [-0.3, -0.25) is 9.59 Å². The first-order valence-corrected chi connectivity index (χ1v) is 3.64. The normalized spacial score (nSPS) is 15.1. The molecule has 0 radical (unpaired) electrons. The molecule has 0 heterocycles. The molecule has 0 aliphatic heterocycles. The summed E-state index contributed by atoms with van der Waals surface area (Å²) in [6, 6.07) is 0. The van der Waals surface area contributed by atoms with Crippen molar-refractivity contribution in [1.82, 2.24) is 0 Å². The van der Waals surface area contributed by atoms with Gasteiger partial charge in [-0.1, -0.05) is 6.08 Å². The molecule has 0 saturated carbocycles. The number of hydrogen-bond donors (Lipinski definition) is 2. The summed E-state index contributed by atoms with van der Waals surface area (Å²) in [5, 5.41) is 0. The third-order valence-corrected chi connectivity index (χ3v) is 1.45. The summed E-state index contributed by atoms with van der Waals surface area (Å²) in [6.07, 6.45) is 4.45. The van der Waals surface area contributed by atoms with Crippen LogP contribution in [-0.2, 0) is 9.59 Å². The lowest BCUT2D eigenvalue weighted by atomic mass is 10.1. The van der Waals surface area contributed by atoms with E-state index >= 15 is 0 Å². The fourth-order valence-corrected chi connectivity index (χ4v) is 0.870. The van der Waals surface area contributed by atoms with Gasteiger partial charge in [-0.25, -0.2) is 0 Å². The maximum Gasteiger partial charge on any atom is 0.279 e. The number of hydrogen-bond acceptors (Lipinski definition) is 2. The van der Waals surface area contributed by atoms with E-state index in [2.05, 4.69) is 4.99 Å². The summed E-state index contributed by atoms with van der Waals surface area (Å²) in [5.74, 6) is -0.846. The molecular weight excluding hydrogens is 170 g/mol. The zero-order valence-electron chi connectivity index (χ0n) is 6.86. The Hall–Kier alpha value is -1.91. The van der Waals surface area contributed by atoms with Crippen LogP contribution in [0.2, 0.25) is 0 Å². The molecular formula is C8H9N3O2. The van der Waals surface area contributed by atoms with Crippen LogP contribution in [0.4, 0.5) is 0 Å². The Morgan fingerprint density at radius 1 is 1.38 bits per heavy atom. The molecule has 13 heavy (non-hydrogen) atoms. The van der Waals surface area contributed by atoms with Gasteiger partial charge in [-0.2, -0.15) is 4.99 Å². The number of carbonyl (C=O) groups is 2. The van der Waals surface area contributed by atoms with Crippen LogP contribution in [0, 0.1) is 0 Å². The molecule has 0 atom stereocenters. The second kappa shape index (κ2) is 3.66. The van der Waals surface area contributed by atoms with Crippen molar-refractivity contribution in [2.24, 2.45) is 16.5 Å². The standard InChI is InChI=1S/C8H9N3O2/c9-8(10)11-7(13)5-1-3-6(12)4-2-5/h1-3H,4H2,(H4,9,10,11,13). The van der Waals surface area contributed by atoms with Gasteiger partial charge < -0.3 is 11.5 Å². The summed E-state index contributed by atoms with van der Waals surface area (Å²) in [6.45, 7) is 0. The van der Waals surface area contributed by atoms with Gasteiger partial charge in [0.15, 0.2) is 11.7 Å². The average Bonchev–Trinajstić information content (AvgIpc) is 2.04. The van der Waals surface area contributed by atoms with E-state index in [9.17, 15) is 9.59 Å². The van der Waals surface area contributed by atoms with Crippen molar-refractivity contribution in [2.45, 2.75) is 6.42 Å². The van der Waals surface area contributed by atoms with Crippen LogP contribution in [0.15, 0.2) is 28.8 Å². The van der Waals surface area contributed by atoms with Gasteiger partial charge in [0, 0.05) is 12.0 Å². The summed E-state index contributed by atoms with van der Waals surface area (Å²) in [7, 11) is 0. The van der Waals surface area contributed by atoms with E-state index in [4.69, 9.17) is 11.5 Å². The first-order valence-electron chi connectivity index (χ1n) is 3.64. The molecule has 0 saturated heterocycles. The lowest BCUT2D eigenvalue weighted by Gasteiger charge is -2.01. The summed E-state index contributed by atoms with van der Waals surface area (Å²) < 4.78 is 0. The summed E-state index contributed by atoms with van der Waals surface area (Å²) in [4.78, 5) is 25.2. The van der Waals surface area contributed by atoms with Crippen molar-refractivity contribution in [3.05, 3.63) is 23.8 Å². The molecule has 4 N–H and O–H groups in total. The molecule has 5 heteroatoms. The topological polar surface area (TPSA) is 98.5 Å². The quantitative estimate of drug-likeness (QED) is 0.408. The van der Waals surface area contributed by atoms with E-state index in [1.54, 1.807) is 0 Å². The Morgan fingerprint density at radius 2 is 2.08 bits per heavy atom.